The number of hydrogen-bond donors (Lipinski definition) is 0. The van der Waals surface area contributed by atoms with Gasteiger partial charge in [0.25, 0.3) is 5.56 Å². The molecule has 8 nitrogen and oxygen atoms in total. The SMILES string of the molecule is CCn1nnc2c(=O)n(CC(=O)N3CCc4ccccc43)cnc21. The Labute approximate surface area is 137 Å². The Morgan fingerprint density at radius 1 is 1.29 bits per heavy atom. The molecule has 0 unspecified atom stereocenters. The summed E-state index contributed by atoms with van der Waals surface area (Å²) in [5.41, 5.74) is 2.35. The molecule has 1 aliphatic heterocycles. The molecular formula is C16H16N6O2. The van der Waals surface area contributed by atoms with Gasteiger partial charge in [0.2, 0.25) is 5.91 Å². The number of anilines is 1. The van der Waals surface area contributed by atoms with E-state index in [1.165, 1.54) is 10.9 Å². The van der Waals surface area contributed by atoms with Crippen molar-refractivity contribution in [2.75, 3.05) is 11.4 Å². The standard InChI is InChI=1S/C16H16N6O2/c1-2-22-15-14(18-19-22)16(24)20(10-17-15)9-13(23)21-8-7-11-5-3-4-6-12(11)21/h3-6,10H,2,7-9H2,1H3. The van der Waals surface area contributed by atoms with Gasteiger partial charge in [0.15, 0.2) is 11.2 Å². The quantitative estimate of drug-likeness (QED) is 0.704. The first kappa shape index (κ1) is 14.6. The van der Waals surface area contributed by atoms with Crippen molar-refractivity contribution in [2.24, 2.45) is 0 Å². The van der Waals surface area contributed by atoms with Crippen LogP contribution in [0.1, 0.15) is 12.5 Å². The van der Waals surface area contributed by atoms with Crippen LogP contribution < -0.4 is 10.5 Å². The molecule has 1 aromatic carbocycles. The first-order valence-electron chi connectivity index (χ1n) is 7.86. The number of hydrogen-bond acceptors (Lipinski definition) is 5. The average molecular weight is 324 g/mol. The van der Waals surface area contributed by atoms with Crippen molar-refractivity contribution in [1.29, 1.82) is 0 Å². The molecule has 0 spiro atoms. The lowest BCUT2D eigenvalue weighted by Gasteiger charge is -2.17. The van der Waals surface area contributed by atoms with Gasteiger partial charge in [-0.3, -0.25) is 14.2 Å². The maximum absolute atomic E-state index is 12.6. The number of rotatable bonds is 3. The molecule has 3 heterocycles. The van der Waals surface area contributed by atoms with Gasteiger partial charge in [0.1, 0.15) is 12.9 Å². The van der Waals surface area contributed by atoms with Gasteiger partial charge >= 0.3 is 0 Å². The summed E-state index contributed by atoms with van der Waals surface area (Å²) < 4.78 is 2.85. The van der Waals surface area contributed by atoms with E-state index in [-0.39, 0.29) is 23.5 Å². The summed E-state index contributed by atoms with van der Waals surface area (Å²) in [6.45, 7) is 3.05. The second-order valence-corrected chi connectivity index (χ2v) is 5.68. The summed E-state index contributed by atoms with van der Waals surface area (Å²) in [6, 6.07) is 7.82. The molecule has 0 fully saturated rings. The number of nitrogens with zero attached hydrogens (tertiary/aromatic N) is 6. The van der Waals surface area contributed by atoms with Crippen molar-refractivity contribution in [2.45, 2.75) is 26.4 Å². The minimum absolute atomic E-state index is 0.0604. The number of benzene rings is 1. The molecule has 122 valence electrons. The maximum atomic E-state index is 12.6. The first-order chi connectivity index (χ1) is 11.7. The Bertz CT molecular complexity index is 990. The van der Waals surface area contributed by atoms with Crippen LogP contribution in [0.3, 0.4) is 0 Å². The van der Waals surface area contributed by atoms with Gasteiger partial charge in [-0.1, -0.05) is 23.4 Å². The molecule has 2 aromatic heterocycles. The number of amides is 1. The Hall–Kier alpha value is -3.03. The molecule has 0 atom stereocenters. The van der Waals surface area contributed by atoms with E-state index in [0.717, 1.165) is 17.7 Å². The van der Waals surface area contributed by atoms with Crippen LogP contribution in [0, 0.1) is 0 Å². The summed E-state index contributed by atoms with van der Waals surface area (Å²) in [7, 11) is 0. The van der Waals surface area contributed by atoms with E-state index in [0.29, 0.717) is 18.7 Å². The van der Waals surface area contributed by atoms with Crippen molar-refractivity contribution in [1.82, 2.24) is 24.5 Å². The zero-order chi connectivity index (χ0) is 16.7. The van der Waals surface area contributed by atoms with E-state index < -0.39 is 0 Å². The highest BCUT2D eigenvalue weighted by atomic mass is 16.2. The fourth-order valence-electron chi connectivity index (χ4n) is 3.04. The Kier molecular flexibility index (Phi) is 3.37. The molecule has 3 aromatic rings. The smallest absolute Gasteiger partial charge is 0.283 e. The number of carbonyl (C=O) groups excluding carboxylic acids is 1. The summed E-state index contributed by atoms with van der Waals surface area (Å²) in [6.07, 6.45) is 2.22. The van der Waals surface area contributed by atoms with Gasteiger partial charge in [-0.25, -0.2) is 9.67 Å². The van der Waals surface area contributed by atoms with Crippen molar-refractivity contribution < 1.29 is 4.79 Å². The van der Waals surface area contributed by atoms with E-state index >= 15 is 0 Å². The lowest BCUT2D eigenvalue weighted by atomic mass is 10.2. The predicted octanol–water partition coefficient (Wildman–Crippen LogP) is 0.597. The highest BCUT2D eigenvalue weighted by molar-refractivity contribution is 5.95. The van der Waals surface area contributed by atoms with Crippen molar-refractivity contribution >= 4 is 22.8 Å². The third kappa shape index (κ3) is 2.18. The fraction of sp³-hybridized carbons (Fsp3) is 0.312. The van der Waals surface area contributed by atoms with Crippen LogP contribution in [0.4, 0.5) is 5.69 Å². The van der Waals surface area contributed by atoms with Crippen molar-refractivity contribution in [3.63, 3.8) is 0 Å². The largest absolute Gasteiger partial charge is 0.310 e. The maximum Gasteiger partial charge on any atom is 0.283 e. The zero-order valence-corrected chi connectivity index (χ0v) is 13.2. The molecule has 1 aliphatic rings. The predicted molar refractivity (Wildman–Crippen MR) is 87.8 cm³/mol. The van der Waals surface area contributed by atoms with E-state index in [1.807, 2.05) is 31.2 Å². The van der Waals surface area contributed by atoms with E-state index in [9.17, 15) is 9.59 Å². The Balaban J connectivity index is 1.64. The van der Waals surface area contributed by atoms with E-state index in [1.54, 1.807) is 9.58 Å². The molecule has 4 rings (SSSR count). The lowest BCUT2D eigenvalue weighted by molar-refractivity contribution is -0.119. The second-order valence-electron chi connectivity index (χ2n) is 5.68. The first-order valence-corrected chi connectivity index (χ1v) is 7.86. The summed E-state index contributed by atoms with van der Waals surface area (Å²) in [5.74, 6) is -0.133. The molecule has 8 heteroatoms. The van der Waals surface area contributed by atoms with Crippen molar-refractivity contribution in [3.05, 3.63) is 46.5 Å². The highest BCUT2D eigenvalue weighted by Crippen LogP contribution is 2.27. The van der Waals surface area contributed by atoms with Gasteiger partial charge in [-0.15, -0.1) is 5.10 Å². The molecule has 0 bridgehead atoms. The van der Waals surface area contributed by atoms with E-state index in [2.05, 4.69) is 15.3 Å². The number of para-hydroxylation sites is 1. The van der Waals surface area contributed by atoms with Gasteiger partial charge in [-0.05, 0) is 25.0 Å². The molecule has 1 amide bonds. The minimum Gasteiger partial charge on any atom is -0.310 e. The van der Waals surface area contributed by atoms with Gasteiger partial charge in [0, 0.05) is 18.8 Å². The second kappa shape index (κ2) is 5.55. The fourth-order valence-corrected chi connectivity index (χ4v) is 3.04. The average Bonchev–Trinajstić information content (AvgIpc) is 3.21. The Morgan fingerprint density at radius 2 is 2.12 bits per heavy atom. The number of aromatic nitrogens is 5. The topological polar surface area (TPSA) is 85.9 Å². The minimum atomic E-state index is -0.347. The molecule has 0 saturated carbocycles. The Morgan fingerprint density at radius 3 is 2.96 bits per heavy atom. The molecular weight excluding hydrogens is 308 g/mol. The molecule has 0 radical (unpaired) electrons. The van der Waals surface area contributed by atoms with Crippen LogP contribution in [0.5, 0.6) is 0 Å². The van der Waals surface area contributed by atoms with Crippen LogP contribution >= 0.6 is 0 Å². The summed E-state index contributed by atoms with van der Waals surface area (Å²) in [4.78, 5) is 31.1. The summed E-state index contributed by atoms with van der Waals surface area (Å²) in [5, 5.41) is 7.78. The zero-order valence-electron chi connectivity index (χ0n) is 13.2. The molecule has 24 heavy (non-hydrogen) atoms. The highest BCUT2D eigenvalue weighted by Gasteiger charge is 2.24. The van der Waals surface area contributed by atoms with Crippen LogP contribution in [-0.2, 0) is 24.3 Å². The van der Waals surface area contributed by atoms with Gasteiger partial charge in [-0.2, -0.15) is 0 Å². The third-order valence-electron chi connectivity index (χ3n) is 4.29. The molecule has 0 aliphatic carbocycles. The van der Waals surface area contributed by atoms with Gasteiger partial charge < -0.3 is 4.90 Å². The van der Waals surface area contributed by atoms with Crippen LogP contribution in [0.25, 0.3) is 11.2 Å². The number of aryl methyl sites for hydroxylation is 1. The summed E-state index contributed by atoms with van der Waals surface area (Å²) >= 11 is 0. The van der Waals surface area contributed by atoms with Crippen LogP contribution in [0.2, 0.25) is 0 Å². The van der Waals surface area contributed by atoms with Crippen LogP contribution in [-0.4, -0.2) is 37.0 Å². The van der Waals surface area contributed by atoms with Gasteiger partial charge in [0.05, 0.1) is 0 Å². The number of carbonyl (C=O) groups is 1. The van der Waals surface area contributed by atoms with Crippen molar-refractivity contribution in [3.8, 4) is 0 Å². The monoisotopic (exact) mass is 324 g/mol. The van der Waals surface area contributed by atoms with E-state index in [4.69, 9.17) is 0 Å². The number of fused-ring (bicyclic) bond motifs is 2. The normalized spacial score (nSPS) is 13.5. The molecule has 0 N–H and O–H groups in total. The molecule has 0 saturated heterocycles. The lowest BCUT2D eigenvalue weighted by Crippen LogP contribution is -2.35. The van der Waals surface area contributed by atoms with Crippen LogP contribution in [0.15, 0.2) is 35.4 Å². The third-order valence-corrected chi connectivity index (χ3v) is 4.29.